The highest BCUT2D eigenvalue weighted by Crippen LogP contribution is 2.22. The number of benzene rings is 2. The van der Waals surface area contributed by atoms with E-state index in [4.69, 9.17) is 16.1 Å². The van der Waals surface area contributed by atoms with E-state index in [0.717, 1.165) is 29.4 Å². The Hall–Kier alpha value is -2.86. The van der Waals surface area contributed by atoms with Crippen LogP contribution in [0.2, 0.25) is 5.02 Å². The van der Waals surface area contributed by atoms with Crippen molar-refractivity contribution in [1.82, 2.24) is 15.0 Å². The smallest absolute Gasteiger partial charge is 0.227 e. The van der Waals surface area contributed by atoms with Crippen molar-refractivity contribution >= 4 is 23.2 Å². The zero-order valence-corrected chi connectivity index (χ0v) is 18.7. The van der Waals surface area contributed by atoms with Gasteiger partial charge in [-0.3, -0.25) is 4.79 Å². The lowest BCUT2D eigenvalue weighted by Crippen LogP contribution is -2.48. The number of anilines is 1. The summed E-state index contributed by atoms with van der Waals surface area (Å²) in [6, 6.07) is 16.0. The Morgan fingerprint density at radius 1 is 1.10 bits per heavy atom. The number of halogens is 1. The third kappa shape index (κ3) is 5.25. The van der Waals surface area contributed by atoms with E-state index >= 15 is 0 Å². The Labute approximate surface area is 187 Å². The van der Waals surface area contributed by atoms with Gasteiger partial charge in [0.25, 0.3) is 0 Å². The molecule has 162 valence electrons. The average Bonchev–Trinajstić information content (AvgIpc) is 3.27. The van der Waals surface area contributed by atoms with E-state index in [9.17, 15) is 4.79 Å². The van der Waals surface area contributed by atoms with Gasteiger partial charge in [0, 0.05) is 55.3 Å². The molecule has 6 nitrogen and oxygen atoms in total. The third-order valence-corrected chi connectivity index (χ3v) is 5.90. The maximum absolute atomic E-state index is 12.6. The second-order valence-electron chi connectivity index (χ2n) is 8.14. The number of carbonyl (C=O) groups excluding carboxylic acids is 1. The maximum Gasteiger partial charge on any atom is 0.227 e. The van der Waals surface area contributed by atoms with Crippen LogP contribution in [-0.4, -0.2) is 47.1 Å². The SMILES string of the molecule is CC(C)c1ccc(-c2noc(CCC(=O)N3CCN(c4cccc(Cl)c4)CC3)n2)cc1. The summed E-state index contributed by atoms with van der Waals surface area (Å²) in [5, 5.41) is 4.80. The van der Waals surface area contributed by atoms with Crippen LogP contribution < -0.4 is 4.90 Å². The highest BCUT2D eigenvalue weighted by atomic mass is 35.5. The first-order valence-electron chi connectivity index (χ1n) is 10.7. The molecule has 0 radical (unpaired) electrons. The monoisotopic (exact) mass is 438 g/mol. The fourth-order valence-corrected chi connectivity index (χ4v) is 3.93. The van der Waals surface area contributed by atoms with Gasteiger partial charge in [0.15, 0.2) is 0 Å². The first-order chi connectivity index (χ1) is 15.0. The molecule has 1 saturated heterocycles. The van der Waals surface area contributed by atoms with Crippen LogP contribution in [0.15, 0.2) is 53.1 Å². The highest BCUT2D eigenvalue weighted by molar-refractivity contribution is 6.30. The molecule has 0 bridgehead atoms. The summed E-state index contributed by atoms with van der Waals surface area (Å²) in [7, 11) is 0. The van der Waals surface area contributed by atoms with E-state index in [0.29, 0.717) is 43.6 Å². The Bertz CT molecular complexity index is 1020. The number of piperazine rings is 1. The quantitative estimate of drug-likeness (QED) is 0.553. The van der Waals surface area contributed by atoms with Gasteiger partial charge in [-0.25, -0.2) is 0 Å². The first-order valence-corrected chi connectivity index (χ1v) is 11.1. The largest absolute Gasteiger partial charge is 0.368 e. The third-order valence-electron chi connectivity index (χ3n) is 5.66. The highest BCUT2D eigenvalue weighted by Gasteiger charge is 2.22. The first kappa shape index (κ1) is 21.4. The fourth-order valence-electron chi connectivity index (χ4n) is 3.75. The Balaban J connectivity index is 1.28. The molecule has 1 aromatic heterocycles. The molecule has 2 heterocycles. The lowest BCUT2D eigenvalue weighted by Gasteiger charge is -2.36. The number of amides is 1. The summed E-state index contributed by atoms with van der Waals surface area (Å²) in [6.45, 7) is 7.31. The molecule has 0 unspecified atom stereocenters. The van der Waals surface area contributed by atoms with Gasteiger partial charge in [0.2, 0.25) is 17.6 Å². The molecule has 7 heteroatoms. The summed E-state index contributed by atoms with van der Waals surface area (Å²) >= 11 is 6.09. The fraction of sp³-hybridized carbons (Fsp3) is 0.375. The molecule has 1 aliphatic rings. The predicted octanol–water partition coefficient (Wildman–Crippen LogP) is 4.79. The molecule has 0 saturated carbocycles. The van der Waals surface area contributed by atoms with Gasteiger partial charge in [0.05, 0.1) is 0 Å². The van der Waals surface area contributed by atoms with E-state index in [1.807, 2.05) is 41.3 Å². The summed E-state index contributed by atoms with van der Waals surface area (Å²) in [6.07, 6.45) is 0.815. The van der Waals surface area contributed by atoms with Crippen molar-refractivity contribution in [3.63, 3.8) is 0 Å². The Morgan fingerprint density at radius 3 is 2.52 bits per heavy atom. The zero-order valence-electron chi connectivity index (χ0n) is 17.9. The molecule has 1 amide bonds. The normalized spacial score (nSPS) is 14.3. The number of hydrogen-bond donors (Lipinski definition) is 0. The van der Waals surface area contributed by atoms with Gasteiger partial charge in [0.1, 0.15) is 0 Å². The van der Waals surface area contributed by atoms with Gasteiger partial charge >= 0.3 is 0 Å². The molecule has 0 aliphatic carbocycles. The van der Waals surface area contributed by atoms with Crippen molar-refractivity contribution in [2.45, 2.75) is 32.6 Å². The molecule has 0 spiro atoms. The molecule has 3 aromatic rings. The summed E-state index contributed by atoms with van der Waals surface area (Å²) in [5.74, 6) is 1.65. The summed E-state index contributed by atoms with van der Waals surface area (Å²) in [4.78, 5) is 21.3. The van der Waals surface area contributed by atoms with Crippen LogP contribution in [0.3, 0.4) is 0 Å². The van der Waals surface area contributed by atoms with Gasteiger partial charge < -0.3 is 14.3 Å². The minimum atomic E-state index is 0.117. The number of rotatable bonds is 6. The molecule has 4 rings (SSSR count). The number of aromatic nitrogens is 2. The molecule has 1 aliphatic heterocycles. The van der Waals surface area contributed by atoms with Crippen LogP contribution in [-0.2, 0) is 11.2 Å². The Kier molecular flexibility index (Phi) is 6.56. The van der Waals surface area contributed by atoms with Crippen LogP contribution in [0.1, 0.15) is 37.6 Å². The molecular weight excluding hydrogens is 412 g/mol. The molecule has 2 aromatic carbocycles. The topological polar surface area (TPSA) is 62.5 Å². The van der Waals surface area contributed by atoms with E-state index in [1.54, 1.807) is 0 Å². The Morgan fingerprint density at radius 2 is 1.84 bits per heavy atom. The van der Waals surface area contributed by atoms with Crippen molar-refractivity contribution in [2.24, 2.45) is 0 Å². The van der Waals surface area contributed by atoms with E-state index in [2.05, 4.69) is 41.0 Å². The summed E-state index contributed by atoms with van der Waals surface area (Å²) < 4.78 is 5.37. The molecular formula is C24H27ClN4O2. The van der Waals surface area contributed by atoms with E-state index < -0.39 is 0 Å². The van der Waals surface area contributed by atoms with Crippen LogP contribution in [0.4, 0.5) is 5.69 Å². The van der Waals surface area contributed by atoms with Crippen molar-refractivity contribution in [3.05, 3.63) is 65.0 Å². The molecule has 0 atom stereocenters. The predicted molar refractivity (Wildman–Crippen MR) is 122 cm³/mol. The number of hydrogen-bond acceptors (Lipinski definition) is 5. The molecule has 1 fully saturated rings. The van der Waals surface area contributed by atoms with Crippen LogP contribution in [0.25, 0.3) is 11.4 Å². The van der Waals surface area contributed by atoms with Crippen LogP contribution in [0.5, 0.6) is 0 Å². The lowest BCUT2D eigenvalue weighted by atomic mass is 10.0. The second-order valence-corrected chi connectivity index (χ2v) is 8.57. The minimum Gasteiger partial charge on any atom is -0.368 e. The number of aryl methyl sites for hydroxylation is 1. The lowest BCUT2D eigenvalue weighted by molar-refractivity contribution is -0.131. The number of carbonyl (C=O) groups is 1. The van der Waals surface area contributed by atoms with Crippen molar-refractivity contribution in [1.29, 1.82) is 0 Å². The van der Waals surface area contributed by atoms with Crippen molar-refractivity contribution in [2.75, 3.05) is 31.1 Å². The standard InChI is InChI=1S/C24H27ClN4O2/c1-17(2)18-6-8-19(9-7-18)24-26-22(31-27-24)10-11-23(30)29-14-12-28(13-15-29)21-5-3-4-20(25)16-21/h3-9,16-17H,10-15H2,1-2H3. The van der Waals surface area contributed by atoms with E-state index in [-0.39, 0.29) is 5.91 Å². The maximum atomic E-state index is 12.6. The van der Waals surface area contributed by atoms with Crippen molar-refractivity contribution < 1.29 is 9.32 Å². The van der Waals surface area contributed by atoms with Crippen LogP contribution >= 0.6 is 11.6 Å². The zero-order chi connectivity index (χ0) is 21.8. The summed E-state index contributed by atoms with van der Waals surface area (Å²) in [5.41, 5.74) is 3.29. The van der Waals surface area contributed by atoms with Crippen LogP contribution in [0, 0.1) is 0 Å². The number of nitrogens with zero attached hydrogens (tertiary/aromatic N) is 4. The molecule has 31 heavy (non-hydrogen) atoms. The van der Waals surface area contributed by atoms with Gasteiger partial charge in [-0.15, -0.1) is 0 Å². The van der Waals surface area contributed by atoms with E-state index in [1.165, 1.54) is 5.56 Å². The molecule has 0 N–H and O–H groups in total. The average molecular weight is 439 g/mol. The minimum absolute atomic E-state index is 0.117. The second kappa shape index (κ2) is 9.52. The van der Waals surface area contributed by atoms with Crippen molar-refractivity contribution in [3.8, 4) is 11.4 Å². The van der Waals surface area contributed by atoms with Gasteiger partial charge in [-0.05, 0) is 29.7 Å². The van der Waals surface area contributed by atoms with Gasteiger partial charge in [-0.1, -0.05) is 60.9 Å². The van der Waals surface area contributed by atoms with Gasteiger partial charge in [-0.2, -0.15) is 4.98 Å².